The lowest BCUT2D eigenvalue weighted by atomic mass is 9.97. The third-order valence-electron chi connectivity index (χ3n) is 5.36. The predicted octanol–water partition coefficient (Wildman–Crippen LogP) is 3.49. The number of amides is 3. The van der Waals surface area contributed by atoms with E-state index in [0.717, 1.165) is 42.7 Å². The van der Waals surface area contributed by atoms with Crippen LogP contribution in [0.2, 0.25) is 0 Å². The number of rotatable bonds is 10. The van der Waals surface area contributed by atoms with E-state index in [2.05, 4.69) is 28.7 Å². The van der Waals surface area contributed by atoms with Crippen molar-refractivity contribution < 1.29 is 23.7 Å². The average molecular weight is 609 g/mol. The maximum absolute atomic E-state index is 12.9. The van der Waals surface area contributed by atoms with Crippen LogP contribution in [0.5, 0.6) is 5.75 Å². The van der Waals surface area contributed by atoms with Crippen LogP contribution in [0, 0.1) is 5.92 Å². The Labute approximate surface area is 215 Å². The van der Waals surface area contributed by atoms with Gasteiger partial charge in [0.15, 0.2) is 0 Å². The van der Waals surface area contributed by atoms with E-state index in [4.69, 9.17) is 9.36 Å². The maximum atomic E-state index is 12.9. The van der Waals surface area contributed by atoms with Crippen molar-refractivity contribution in [2.24, 2.45) is 5.92 Å². The summed E-state index contributed by atoms with van der Waals surface area (Å²) >= 11 is 6.21. The Balaban J connectivity index is 2.06. The number of thiol groups is 1. The molecule has 11 heteroatoms. The van der Waals surface area contributed by atoms with Crippen molar-refractivity contribution in [3.05, 3.63) is 29.8 Å². The van der Waals surface area contributed by atoms with Crippen LogP contribution < -0.4 is 20.9 Å². The third kappa shape index (κ3) is 11.2. The molecule has 1 aromatic rings. The monoisotopic (exact) mass is 609 g/mol. The number of hydroxylamine groups is 1. The van der Waals surface area contributed by atoms with E-state index in [0.29, 0.717) is 32.4 Å². The number of halogens is 1. The number of carbonyl (C=O) groups is 3. The first-order chi connectivity index (χ1) is 16.0. The maximum Gasteiger partial charge on any atom is 0.247 e. The third-order valence-corrected chi connectivity index (χ3v) is 6.51. The molecule has 184 valence electrons. The summed E-state index contributed by atoms with van der Waals surface area (Å²) in [5.41, 5.74) is 3.31. The number of ether oxygens (including phenoxy) is 1. The zero-order valence-electron chi connectivity index (χ0n) is 18.6. The second-order valence-corrected chi connectivity index (χ2v) is 10.1. The zero-order valence-corrected chi connectivity index (χ0v) is 22.7. The SMILES string of the molecule is O=C1CC(C(=O)NOPI)CCCOc2ccc(cc2)CC(C(=O)NCCCCCCS)N1. The molecular formula is C22H33IN3O5PS. The number of fused-ring (bicyclic) bond motifs is 11. The van der Waals surface area contributed by atoms with Crippen LogP contribution in [-0.4, -0.2) is 42.7 Å². The Bertz CT molecular complexity index is 756. The van der Waals surface area contributed by atoms with E-state index in [1.165, 1.54) is 0 Å². The Morgan fingerprint density at radius 3 is 2.64 bits per heavy atom. The van der Waals surface area contributed by atoms with Gasteiger partial charge in [0.1, 0.15) is 18.2 Å². The van der Waals surface area contributed by atoms with Crippen LogP contribution in [0.1, 0.15) is 50.5 Å². The van der Waals surface area contributed by atoms with E-state index in [-0.39, 0.29) is 30.6 Å². The smallest absolute Gasteiger partial charge is 0.247 e. The first-order valence-corrected chi connectivity index (χ1v) is 15.9. The molecule has 0 fully saturated rings. The van der Waals surface area contributed by atoms with Crippen LogP contribution in [0.25, 0.3) is 0 Å². The Kier molecular flexibility index (Phi) is 14.1. The van der Waals surface area contributed by atoms with Crippen molar-refractivity contribution in [3.8, 4) is 5.75 Å². The lowest BCUT2D eigenvalue weighted by Crippen LogP contribution is -2.49. The van der Waals surface area contributed by atoms with E-state index >= 15 is 0 Å². The molecule has 2 bridgehead atoms. The van der Waals surface area contributed by atoms with Gasteiger partial charge < -0.3 is 15.4 Å². The molecule has 33 heavy (non-hydrogen) atoms. The van der Waals surface area contributed by atoms with E-state index in [1.54, 1.807) is 0 Å². The highest BCUT2D eigenvalue weighted by atomic mass is 127. The molecule has 2 aliphatic heterocycles. The number of carbonyl (C=O) groups excluding carboxylic acids is 3. The van der Waals surface area contributed by atoms with Gasteiger partial charge in [0.25, 0.3) is 0 Å². The summed E-state index contributed by atoms with van der Waals surface area (Å²) in [6.07, 6.45) is 5.46. The standard InChI is InChI=1S/C22H33IN3O5PS/c23-32-31-26-21(28)17-6-5-12-30-18-9-7-16(8-10-18)14-19(25-20(27)15-17)22(29)24-11-3-1-2-4-13-33/h7-10,17,19,32-33H,1-6,11-15H2,(H,24,29)(H,25,27)(H,26,28). The molecule has 8 nitrogen and oxygen atoms in total. The van der Waals surface area contributed by atoms with Gasteiger partial charge in [-0.1, -0.05) is 25.0 Å². The quantitative estimate of drug-likeness (QED) is 0.107. The molecule has 0 saturated heterocycles. The lowest BCUT2D eigenvalue weighted by molar-refractivity contribution is -0.136. The molecule has 0 aromatic heterocycles. The molecule has 0 aliphatic carbocycles. The highest BCUT2D eigenvalue weighted by Gasteiger charge is 2.26. The molecule has 1 aromatic carbocycles. The lowest BCUT2D eigenvalue weighted by Gasteiger charge is -2.22. The van der Waals surface area contributed by atoms with Crippen molar-refractivity contribution in [3.63, 3.8) is 0 Å². The highest BCUT2D eigenvalue weighted by Crippen LogP contribution is 2.21. The summed E-state index contributed by atoms with van der Waals surface area (Å²) in [5.74, 6) is 0.134. The van der Waals surface area contributed by atoms with Crippen molar-refractivity contribution in [2.75, 3.05) is 18.9 Å². The minimum Gasteiger partial charge on any atom is -0.494 e. The van der Waals surface area contributed by atoms with Crippen molar-refractivity contribution >= 4 is 58.8 Å². The van der Waals surface area contributed by atoms with Gasteiger partial charge in [0, 0.05) is 25.3 Å². The van der Waals surface area contributed by atoms with Crippen LogP contribution in [0.15, 0.2) is 24.3 Å². The first-order valence-electron chi connectivity index (χ1n) is 11.2. The minimum absolute atomic E-state index is 0.0232. The Morgan fingerprint density at radius 1 is 1.15 bits per heavy atom. The Morgan fingerprint density at radius 2 is 1.91 bits per heavy atom. The number of hydrogen-bond acceptors (Lipinski definition) is 6. The van der Waals surface area contributed by atoms with Gasteiger partial charge in [-0.05, 0) is 71.2 Å². The molecule has 0 radical (unpaired) electrons. The second-order valence-electron chi connectivity index (χ2n) is 7.93. The number of unbranched alkanes of at least 4 members (excludes halogenated alkanes) is 3. The summed E-state index contributed by atoms with van der Waals surface area (Å²) in [5, 5.41) is 5.79. The van der Waals surface area contributed by atoms with E-state index in [9.17, 15) is 14.4 Å². The molecule has 0 saturated carbocycles. The number of nitrogens with one attached hydrogen (secondary N) is 3. The van der Waals surface area contributed by atoms with Gasteiger partial charge in [-0.2, -0.15) is 12.6 Å². The summed E-state index contributed by atoms with van der Waals surface area (Å²) in [7, 11) is 0. The molecule has 3 atom stereocenters. The summed E-state index contributed by atoms with van der Waals surface area (Å²) in [6, 6.07) is 6.81. The average Bonchev–Trinajstić information content (AvgIpc) is 2.81. The summed E-state index contributed by atoms with van der Waals surface area (Å²) < 4.78 is 10.8. The van der Waals surface area contributed by atoms with Gasteiger partial charge in [-0.3, -0.25) is 14.4 Å². The molecule has 2 aliphatic rings. The van der Waals surface area contributed by atoms with Crippen molar-refractivity contribution in [2.45, 2.75) is 57.4 Å². The topological polar surface area (TPSA) is 106 Å². The van der Waals surface area contributed by atoms with Crippen molar-refractivity contribution in [1.29, 1.82) is 0 Å². The molecule has 3 unspecified atom stereocenters. The second kappa shape index (κ2) is 16.5. The zero-order chi connectivity index (χ0) is 23.9. The number of benzene rings is 1. The molecule has 2 heterocycles. The van der Waals surface area contributed by atoms with Crippen molar-refractivity contribution in [1.82, 2.24) is 16.1 Å². The molecule has 3 rings (SSSR count). The van der Waals surface area contributed by atoms with Crippen LogP contribution >= 0.6 is 41.1 Å². The molecule has 0 spiro atoms. The van der Waals surface area contributed by atoms with Gasteiger partial charge in [0.05, 0.1) is 6.61 Å². The van der Waals surface area contributed by atoms with Crippen LogP contribution in [-0.2, 0) is 25.4 Å². The van der Waals surface area contributed by atoms with Crippen LogP contribution in [0.3, 0.4) is 0 Å². The fraction of sp³-hybridized carbons (Fsp3) is 0.591. The van der Waals surface area contributed by atoms with E-state index < -0.39 is 12.0 Å². The summed E-state index contributed by atoms with van der Waals surface area (Å²) in [4.78, 5) is 38.1. The molecule has 3 N–H and O–H groups in total. The fourth-order valence-electron chi connectivity index (χ4n) is 3.57. The van der Waals surface area contributed by atoms with Crippen LogP contribution in [0.4, 0.5) is 0 Å². The molecular weight excluding hydrogens is 576 g/mol. The predicted molar refractivity (Wildman–Crippen MR) is 142 cm³/mol. The Hall–Kier alpha value is -1.10. The highest BCUT2D eigenvalue weighted by molar-refractivity contribution is 14.2. The van der Waals surface area contributed by atoms with Gasteiger partial charge >= 0.3 is 0 Å². The molecule has 3 amide bonds. The summed E-state index contributed by atoms with van der Waals surface area (Å²) in [6.45, 7) is 1.08. The van der Waals surface area contributed by atoms with Gasteiger partial charge in [-0.15, -0.1) is 0 Å². The minimum atomic E-state index is -0.722. The normalized spacial score (nSPS) is 19.5. The fourth-order valence-corrected chi connectivity index (χ4v) is 4.26. The van der Waals surface area contributed by atoms with Gasteiger partial charge in [-0.25, -0.2) is 10.1 Å². The number of hydrogen-bond donors (Lipinski definition) is 4. The van der Waals surface area contributed by atoms with Gasteiger partial charge in [0.2, 0.25) is 17.7 Å². The largest absolute Gasteiger partial charge is 0.494 e. The van der Waals surface area contributed by atoms with E-state index in [1.807, 2.05) is 46.3 Å². The first kappa shape index (κ1) is 28.1.